The van der Waals surface area contributed by atoms with Gasteiger partial charge in [-0.15, -0.1) is 0 Å². The maximum absolute atomic E-state index is 5.58. The summed E-state index contributed by atoms with van der Waals surface area (Å²) in [5.41, 5.74) is 4.00. The molecule has 4 aromatic rings. The number of anilines is 1. The van der Waals surface area contributed by atoms with Crippen LogP contribution in [-0.4, -0.2) is 27.7 Å². The summed E-state index contributed by atoms with van der Waals surface area (Å²) in [5, 5.41) is 4.46. The number of fused-ring (bicyclic) bond motifs is 1. The van der Waals surface area contributed by atoms with E-state index in [9.17, 15) is 0 Å². The molecular weight excluding hydrogens is 336 g/mol. The van der Waals surface area contributed by atoms with E-state index in [1.165, 1.54) is 0 Å². The molecule has 2 aromatic heterocycles. The summed E-state index contributed by atoms with van der Waals surface area (Å²) in [6, 6.07) is 18.5. The average Bonchev–Trinajstić information content (AvgIpc) is 3.09. The van der Waals surface area contributed by atoms with Gasteiger partial charge < -0.3 is 10.1 Å². The van der Waals surface area contributed by atoms with E-state index in [1.807, 2.05) is 42.5 Å². The number of ether oxygens (including phenoxy) is 1. The second-order valence-corrected chi connectivity index (χ2v) is 6.67. The topological polar surface area (TPSA) is 52.0 Å². The van der Waals surface area contributed by atoms with Crippen LogP contribution in [0.15, 0.2) is 67.1 Å². The maximum Gasteiger partial charge on any atom is 0.150 e. The van der Waals surface area contributed by atoms with Gasteiger partial charge in [0.05, 0.1) is 18.2 Å². The summed E-state index contributed by atoms with van der Waals surface area (Å²) in [4.78, 5) is 9.12. The van der Waals surface area contributed by atoms with Crippen LogP contribution in [0, 0.1) is 0 Å². The molecule has 0 spiro atoms. The van der Waals surface area contributed by atoms with E-state index >= 15 is 0 Å². The normalized spacial score (nSPS) is 11.1. The minimum atomic E-state index is 0.265. The van der Waals surface area contributed by atoms with Crippen LogP contribution in [0.3, 0.4) is 0 Å². The van der Waals surface area contributed by atoms with E-state index in [1.54, 1.807) is 13.4 Å². The second-order valence-electron chi connectivity index (χ2n) is 6.67. The summed E-state index contributed by atoms with van der Waals surface area (Å²) in [6.45, 7) is 4.21. The first-order valence-electron chi connectivity index (χ1n) is 9.00. The van der Waals surface area contributed by atoms with Crippen molar-refractivity contribution in [2.45, 2.75) is 19.9 Å². The van der Waals surface area contributed by atoms with Crippen molar-refractivity contribution >= 4 is 16.9 Å². The van der Waals surface area contributed by atoms with Gasteiger partial charge in [0.1, 0.15) is 17.9 Å². The zero-order valence-corrected chi connectivity index (χ0v) is 15.7. The third kappa shape index (κ3) is 3.12. The van der Waals surface area contributed by atoms with Gasteiger partial charge in [0, 0.05) is 17.8 Å². The molecular formula is C22H22N4O. The zero-order valence-electron chi connectivity index (χ0n) is 15.7. The Bertz CT molecular complexity index is 1070. The van der Waals surface area contributed by atoms with E-state index in [0.29, 0.717) is 0 Å². The Balaban J connectivity index is 2.04. The number of aromatic nitrogens is 3. The number of nitrogens with one attached hydrogen (secondary N) is 1. The van der Waals surface area contributed by atoms with Crippen molar-refractivity contribution in [3.8, 4) is 22.6 Å². The fourth-order valence-electron chi connectivity index (χ4n) is 3.29. The molecule has 136 valence electrons. The lowest BCUT2D eigenvalue weighted by Gasteiger charge is -2.12. The van der Waals surface area contributed by atoms with Gasteiger partial charge in [0.15, 0.2) is 5.65 Å². The Kier molecular flexibility index (Phi) is 4.50. The predicted octanol–water partition coefficient (Wildman–Crippen LogP) is 4.92. The number of hydrogen-bond acceptors (Lipinski definition) is 4. The Morgan fingerprint density at radius 2 is 1.70 bits per heavy atom. The number of nitrogens with zero attached hydrogens (tertiary/aromatic N) is 3. The monoisotopic (exact) mass is 358 g/mol. The van der Waals surface area contributed by atoms with Crippen molar-refractivity contribution in [2.75, 3.05) is 12.4 Å². The molecule has 5 heteroatoms. The van der Waals surface area contributed by atoms with Gasteiger partial charge in [0.25, 0.3) is 0 Å². The molecule has 0 radical (unpaired) electrons. The van der Waals surface area contributed by atoms with Crippen molar-refractivity contribution in [2.24, 2.45) is 0 Å². The molecule has 0 amide bonds. The Hall–Kier alpha value is -3.34. The molecule has 0 unspecified atom stereocenters. The summed E-state index contributed by atoms with van der Waals surface area (Å²) < 4.78 is 7.65. The van der Waals surface area contributed by atoms with Crippen molar-refractivity contribution < 1.29 is 4.74 Å². The number of benzene rings is 2. The van der Waals surface area contributed by atoms with Crippen LogP contribution in [0.25, 0.3) is 27.8 Å². The van der Waals surface area contributed by atoms with Crippen LogP contribution in [0.5, 0.6) is 5.75 Å². The Labute approximate surface area is 158 Å². The highest BCUT2D eigenvalue weighted by molar-refractivity contribution is 6.02. The van der Waals surface area contributed by atoms with Crippen LogP contribution in [0.4, 0.5) is 5.82 Å². The highest BCUT2D eigenvalue weighted by atomic mass is 16.5. The third-order valence-electron chi connectivity index (χ3n) is 4.44. The highest BCUT2D eigenvalue weighted by Gasteiger charge is 2.19. The van der Waals surface area contributed by atoms with Gasteiger partial charge in [-0.3, -0.25) is 4.57 Å². The molecule has 0 bridgehead atoms. The average molecular weight is 358 g/mol. The number of rotatable bonds is 5. The van der Waals surface area contributed by atoms with Gasteiger partial charge in [-0.2, -0.15) is 0 Å². The van der Waals surface area contributed by atoms with Crippen LogP contribution in [0.2, 0.25) is 0 Å². The first-order chi connectivity index (χ1) is 13.2. The van der Waals surface area contributed by atoms with E-state index in [0.717, 1.165) is 39.4 Å². The molecule has 0 aliphatic carbocycles. The minimum absolute atomic E-state index is 0.265. The molecule has 0 saturated carbocycles. The van der Waals surface area contributed by atoms with E-state index in [-0.39, 0.29) is 6.04 Å². The number of para-hydroxylation sites is 2. The molecule has 0 saturated heterocycles. The fraction of sp³-hybridized carbons (Fsp3) is 0.182. The largest absolute Gasteiger partial charge is 0.495 e. The van der Waals surface area contributed by atoms with Gasteiger partial charge in [-0.05, 0) is 31.5 Å². The number of methoxy groups -OCH3 is 1. The Morgan fingerprint density at radius 1 is 0.963 bits per heavy atom. The molecule has 0 fully saturated rings. The lowest BCUT2D eigenvalue weighted by molar-refractivity contribution is 0.413. The Morgan fingerprint density at radius 3 is 2.44 bits per heavy atom. The lowest BCUT2D eigenvalue weighted by atomic mass is 10.1. The second kappa shape index (κ2) is 7.11. The smallest absolute Gasteiger partial charge is 0.150 e. The van der Waals surface area contributed by atoms with Crippen molar-refractivity contribution in [3.63, 3.8) is 0 Å². The van der Waals surface area contributed by atoms with Crippen LogP contribution >= 0.6 is 0 Å². The summed E-state index contributed by atoms with van der Waals surface area (Å²) in [7, 11) is 1.68. The third-order valence-corrected chi connectivity index (χ3v) is 4.44. The minimum Gasteiger partial charge on any atom is -0.495 e. The molecule has 0 atom stereocenters. The highest BCUT2D eigenvalue weighted by Crippen LogP contribution is 2.37. The van der Waals surface area contributed by atoms with Crippen LogP contribution in [-0.2, 0) is 0 Å². The standard InChI is InChI=1S/C22H22N4O/c1-15(2)25-21-20-17(16-9-5-4-6-10-16)13-26(22(20)24-14-23-21)18-11-7-8-12-19(18)27-3/h4-15H,1-3H3,(H,23,24,25). The molecule has 4 rings (SSSR count). The molecule has 27 heavy (non-hydrogen) atoms. The lowest BCUT2D eigenvalue weighted by Crippen LogP contribution is -2.11. The van der Waals surface area contributed by atoms with E-state index in [4.69, 9.17) is 4.74 Å². The predicted molar refractivity (Wildman–Crippen MR) is 110 cm³/mol. The zero-order chi connectivity index (χ0) is 18.8. The maximum atomic E-state index is 5.58. The first-order valence-corrected chi connectivity index (χ1v) is 9.00. The summed E-state index contributed by atoms with van der Waals surface area (Å²) in [5.74, 6) is 1.63. The van der Waals surface area contributed by atoms with Gasteiger partial charge in [0.2, 0.25) is 0 Å². The van der Waals surface area contributed by atoms with Crippen molar-refractivity contribution in [3.05, 3.63) is 67.1 Å². The summed E-state index contributed by atoms with van der Waals surface area (Å²) in [6.07, 6.45) is 3.71. The SMILES string of the molecule is COc1ccccc1-n1cc(-c2ccccc2)c2c(NC(C)C)ncnc21. The fourth-order valence-corrected chi connectivity index (χ4v) is 3.29. The first kappa shape index (κ1) is 17.1. The molecule has 2 heterocycles. The van der Waals surface area contributed by atoms with Crippen molar-refractivity contribution in [1.29, 1.82) is 0 Å². The van der Waals surface area contributed by atoms with Gasteiger partial charge in [-0.25, -0.2) is 9.97 Å². The van der Waals surface area contributed by atoms with Crippen LogP contribution in [0.1, 0.15) is 13.8 Å². The van der Waals surface area contributed by atoms with E-state index < -0.39 is 0 Å². The van der Waals surface area contributed by atoms with E-state index in [2.05, 4.69) is 52.0 Å². The summed E-state index contributed by atoms with van der Waals surface area (Å²) >= 11 is 0. The molecule has 0 aliphatic rings. The van der Waals surface area contributed by atoms with Gasteiger partial charge >= 0.3 is 0 Å². The molecule has 5 nitrogen and oxygen atoms in total. The quantitative estimate of drug-likeness (QED) is 0.550. The van der Waals surface area contributed by atoms with Gasteiger partial charge in [-0.1, -0.05) is 42.5 Å². The molecule has 0 aliphatic heterocycles. The van der Waals surface area contributed by atoms with Crippen molar-refractivity contribution in [1.82, 2.24) is 14.5 Å². The van der Waals surface area contributed by atoms with Crippen LogP contribution < -0.4 is 10.1 Å². The molecule has 1 N–H and O–H groups in total. The molecule has 2 aromatic carbocycles. The number of hydrogen-bond donors (Lipinski definition) is 1.